The van der Waals surface area contributed by atoms with Gasteiger partial charge < -0.3 is 14.2 Å². The molecule has 140 valence electrons. The second-order valence-corrected chi connectivity index (χ2v) is 6.29. The Balaban J connectivity index is 1.50. The van der Waals surface area contributed by atoms with Crippen LogP contribution in [-0.2, 0) is 6.61 Å². The first-order valence-electron chi connectivity index (χ1n) is 8.72. The molecule has 0 saturated heterocycles. The van der Waals surface area contributed by atoms with Gasteiger partial charge in [0.2, 0.25) is 5.78 Å². The average Bonchev–Trinajstić information content (AvgIpc) is 3.01. The van der Waals surface area contributed by atoms with E-state index in [1.807, 2.05) is 24.3 Å². The fraction of sp³-hybridized carbons (Fsp3) is 0.0870. The van der Waals surface area contributed by atoms with Crippen molar-refractivity contribution in [3.8, 4) is 17.2 Å². The lowest BCUT2D eigenvalue weighted by atomic mass is 10.1. The third-order valence-corrected chi connectivity index (χ3v) is 4.33. The Morgan fingerprint density at radius 3 is 2.68 bits per heavy atom. The summed E-state index contributed by atoms with van der Waals surface area (Å²) in [6, 6.07) is 18.7. The minimum absolute atomic E-state index is 0.158. The van der Waals surface area contributed by atoms with Gasteiger partial charge in [0.05, 0.1) is 12.7 Å². The third-order valence-electron chi connectivity index (χ3n) is 4.33. The summed E-state index contributed by atoms with van der Waals surface area (Å²) in [4.78, 5) is 12.5. The molecule has 0 unspecified atom stereocenters. The van der Waals surface area contributed by atoms with Crippen molar-refractivity contribution in [2.24, 2.45) is 0 Å². The maximum Gasteiger partial charge on any atom is 0.231 e. The number of benzene rings is 3. The van der Waals surface area contributed by atoms with Gasteiger partial charge in [-0.1, -0.05) is 24.3 Å². The van der Waals surface area contributed by atoms with Gasteiger partial charge in [0, 0.05) is 6.07 Å². The monoisotopic (exact) mass is 376 g/mol. The molecule has 5 heteroatoms. The molecule has 3 aromatic carbocycles. The van der Waals surface area contributed by atoms with Crippen LogP contribution in [0.5, 0.6) is 17.2 Å². The molecule has 1 aliphatic rings. The third kappa shape index (κ3) is 3.74. The van der Waals surface area contributed by atoms with E-state index < -0.39 is 0 Å². The second kappa shape index (κ2) is 7.56. The van der Waals surface area contributed by atoms with Crippen molar-refractivity contribution in [1.29, 1.82) is 0 Å². The predicted octanol–water partition coefficient (Wildman–Crippen LogP) is 5.03. The van der Waals surface area contributed by atoms with Gasteiger partial charge in [-0.3, -0.25) is 4.79 Å². The molecule has 0 aromatic heterocycles. The van der Waals surface area contributed by atoms with Crippen LogP contribution in [0, 0.1) is 5.82 Å². The van der Waals surface area contributed by atoms with Crippen LogP contribution in [0.1, 0.15) is 21.5 Å². The van der Waals surface area contributed by atoms with Crippen molar-refractivity contribution in [3.05, 3.63) is 95.0 Å². The Morgan fingerprint density at radius 1 is 1.00 bits per heavy atom. The SMILES string of the molecule is COc1cccc(COc2ccc3c(c2)O/C(=C\c2cccc(F)c2)C3=O)c1. The highest BCUT2D eigenvalue weighted by Crippen LogP contribution is 2.35. The van der Waals surface area contributed by atoms with Crippen molar-refractivity contribution in [2.75, 3.05) is 7.11 Å². The van der Waals surface area contributed by atoms with E-state index in [-0.39, 0.29) is 17.4 Å². The van der Waals surface area contributed by atoms with Crippen molar-refractivity contribution < 1.29 is 23.4 Å². The average molecular weight is 376 g/mol. The molecule has 0 saturated carbocycles. The number of carbonyl (C=O) groups is 1. The summed E-state index contributed by atoms with van der Waals surface area (Å²) in [7, 11) is 1.61. The Kier molecular flexibility index (Phi) is 4.81. The Hall–Kier alpha value is -3.60. The maximum absolute atomic E-state index is 13.3. The minimum atomic E-state index is -0.370. The van der Waals surface area contributed by atoms with E-state index in [0.29, 0.717) is 29.2 Å². The zero-order chi connectivity index (χ0) is 19.5. The highest BCUT2D eigenvalue weighted by Gasteiger charge is 2.27. The molecular formula is C23H17FO4. The van der Waals surface area contributed by atoms with E-state index in [9.17, 15) is 9.18 Å². The molecule has 4 nitrogen and oxygen atoms in total. The standard InChI is InChI=1S/C23H17FO4/c1-26-18-7-3-5-16(11-18)14-27-19-8-9-20-21(13-19)28-22(23(20)25)12-15-4-2-6-17(24)10-15/h2-13H,14H2,1H3/b22-12-. The summed E-state index contributed by atoms with van der Waals surface area (Å²) in [5.41, 5.74) is 1.98. The lowest BCUT2D eigenvalue weighted by molar-refractivity contribution is 0.101. The predicted molar refractivity (Wildman–Crippen MR) is 103 cm³/mol. The van der Waals surface area contributed by atoms with E-state index >= 15 is 0 Å². The Labute approximate surface area is 161 Å². The van der Waals surface area contributed by atoms with Crippen molar-refractivity contribution in [3.63, 3.8) is 0 Å². The zero-order valence-corrected chi connectivity index (χ0v) is 15.1. The summed E-state index contributed by atoms with van der Waals surface area (Å²) in [5.74, 6) is 1.32. The lowest BCUT2D eigenvalue weighted by Crippen LogP contribution is -1.98. The van der Waals surface area contributed by atoms with E-state index in [4.69, 9.17) is 14.2 Å². The normalized spacial score (nSPS) is 13.9. The molecule has 1 heterocycles. The fourth-order valence-corrected chi connectivity index (χ4v) is 2.93. The van der Waals surface area contributed by atoms with Gasteiger partial charge in [0.25, 0.3) is 0 Å². The minimum Gasteiger partial charge on any atom is -0.497 e. The number of hydrogen-bond donors (Lipinski definition) is 0. The summed E-state index contributed by atoms with van der Waals surface area (Å²) < 4.78 is 30.0. The first-order valence-corrected chi connectivity index (χ1v) is 8.72. The highest BCUT2D eigenvalue weighted by atomic mass is 19.1. The first kappa shape index (κ1) is 17.8. The van der Waals surface area contributed by atoms with Crippen LogP contribution in [0.3, 0.4) is 0 Å². The number of ether oxygens (including phenoxy) is 3. The van der Waals surface area contributed by atoms with E-state index in [1.54, 1.807) is 37.4 Å². The van der Waals surface area contributed by atoms with E-state index in [1.165, 1.54) is 18.2 Å². The Morgan fingerprint density at radius 2 is 1.86 bits per heavy atom. The van der Waals surface area contributed by atoms with Crippen LogP contribution in [0.2, 0.25) is 0 Å². The fourth-order valence-electron chi connectivity index (χ4n) is 2.93. The molecule has 28 heavy (non-hydrogen) atoms. The van der Waals surface area contributed by atoms with Crippen molar-refractivity contribution in [2.45, 2.75) is 6.61 Å². The molecule has 0 spiro atoms. The molecule has 0 radical (unpaired) electrons. The van der Waals surface area contributed by atoms with Gasteiger partial charge in [0.15, 0.2) is 5.76 Å². The largest absolute Gasteiger partial charge is 0.497 e. The number of rotatable bonds is 5. The van der Waals surface area contributed by atoms with Gasteiger partial charge in [-0.25, -0.2) is 4.39 Å². The molecule has 0 amide bonds. The molecule has 3 aromatic rings. The molecular weight excluding hydrogens is 359 g/mol. The topological polar surface area (TPSA) is 44.8 Å². The number of allylic oxidation sites excluding steroid dienone is 1. The Bertz CT molecular complexity index is 1070. The van der Waals surface area contributed by atoms with Crippen molar-refractivity contribution >= 4 is 11.9 Å². The van der Waals surface area contributed by atoms with Crippen LogP contribution in [-0.4, -0.2) is 12.9 Å². The van der Waals surface area contributed by atoms with Crippen molar-refractivity contribution in [1.82, 2.24) is 0 Å². The van der Waals surface area contributed by atoms with Crippen LogP contribution in [0.25, 0.3) is 6.08 Å². The van der Waals surface area contributed by atoms with Gasteiger partial charge in [-0.05, 0) is 53.6 Å². The number of carbonyl (C=O) groups excluding carboxylic acids is 1. The van der Waals surface area contributed by atoms with E-state index in [0.717, 1.165) is 11.3 Å². The number of Topliss-reactive ketones (excluding diaryl/α,β-unsaturated/α-hetero) is 1. The van der Waals surface area contributed by atoms with E-state index in [2.05, 4.69) is 0 Å². The zero-order valence-electron chi connectivity index (χ0n) is 15.1. The number of halogens is 1. The number of methoxy groups -OCH3 is 1. The molecule has 0 bridgehead atoms. The second-order valence-electron chi connectivity index (χ2n) is 6.29. The van der Waals surface area contributed by atoms with Crippen LogP contribution >= 0.6 is 0 Å². The van der Waals surface area contributed by atoms with Gasteiger partial charge in [-0.2, -0.15) is 0 Å². The summed E-state index contributed by atoms with van der Waals surface area (Å²) in [6.07, 6.45) is 1.53. The summed E-state index contributed by atoms with van der Waals surface area (Å²) in [6.45, 7) is 0.357. The molecule has 1 aliphatic heterocycles. The first-order chi connectivity index (χ1) is 13.6. The number of hydrogen-bond acceptors (Lipinski definition) is 4. The van der Waals surface area contributed by atoms with Crippen LogP contribution in [0.15, 0.2) is 72.5 Å². The number of ketones is 1. The quantitative estimate of drug-likeness (QED) is 0.586. The van der Waals surface area contributed by atoms with Crippen LogP contribution in [0.4, 0.5) is 4.39 Å². The smallest absolute Gasteiger partial charge is 0.231 e. The maximum atomic E-state index is 13.3. The molecule has 0 atom stereocenters. The highest BCUT2D eigenvalue weighted by molar-refractivity contribution is 6.14. The molecule has 0 aliphatic carbocycles. The van der Waals surface area contributed by atoms with Gasteiger partial charge >= 0.3 is 0 Å². The van der Waals surface area contributed by atoms with Crippen LogP contribution < -0.4 is 14.2 Å². The lowest BCUT2D eigenvalue weighted by Gasteiger charge is -2.08. The van der Waals surface area contributed by atoms with Gasteiger partial charge in [0.1, 0.15) is 29.7 Å². The number of fused-ring (bicyclic) bond motifs is 1. The molecule has 4 rings (SSSR count). The molecule has 0 fully saturated rings. The molecule has 0 N–H and O–H groups in total. The summed E-state index contributed by atoms with van der Waals surface area (Å²) in [5, 5.41) is 0. The summed E-state index contributed by atoms with van der Waals surface area (Å²) >= 11 is 0. The van der Waals surface area contributed by atoms with Gasteiger partial charge in [-0.15, -0.1) is 0 Å².